The number of hydrogen-bond acceptors (Lipinski definition) is 3. The monoisotopic (exact) mass is 275 g/mol. The molecule has 2 aromatic rings. The van der Waals surface area contributed by atoms with Crippen molar-refractivity contribution < 1.29 is 14.7 Å². The molecule has 19 heavy (non-hydrogen) atoms. The number of carbonyl (C=O) groups is 2. The largest absolute Gasteiger partial charge is 0.481 e. The molecule has 0 bridgehead atoms. The average molecular weight is 275 g/mol. The van der Waals surface area contributed by atoms with E-state index in [1.165, 1.54) is 11.3 Å². The third kappa shape index (κ3) is 4.22. The Bertz CT molecular complexity index is 578. The van der Waals surface area contributed by atoms with E-state index in [2.05, 4.69) is 5.32 Å². The van der Waals surface area contributed by atoms with E-state index in [4.69, 9.17) is 5.11 Å². The first-order valence-electron chi connectivity index (χ1n) is 5.76. The standard InChI is InChI=1S/C14H13NO3S/c16-13(9-12-5-2-6-19-12)15-11-4-1-3-10(7-11)8-14(17)18/h1-7H,8-9H2,(H,15,16)(H,17,18). The van der Waals surface area contributed by atoms with Crippen LogP contribution in [0.3, 0.4) is 0 Å². The van der Waals surface area contributed by atoms with Crippen LogP contribution in [-0.4, -0.2) is 17.0 Å². The first-order chi connectivity index (χ1) is 9.13. The van der Waals surface area contributed by atoms with Gasteiger partial charge in [-0.25, -0.2) is 0 Å². The van der Waals surface area contributed by atoms with E-state index >= 15 is 0 Å². The minimum atomic E-state index is -0.887. The molecule has 0 saturated carbocycles. The Morgan fingerprint density at radius 1 is 1.16 bits per heavy atom. The first-order valence-corrected chi connectivity index (χ1v) is 6.64. The lowest BCUT2D eigenvalue weighted by atomic mass is 10.1. The number of rotatable bonds is 5. The lowest BCUT2D eigenvalue weighted by Crippen LogP contribution is -2.14. The zero-order valence-corrected chi connectivity index (χ0v) is 10.9. The number of benzene rings is 1. The van der Waals surface area contributed by atoms with Gasteiger partial charge >= 0.3 is 5.97 Å². The predicted octanol–water partition coefficient (Wildman–Crippen LogP) is 2.56. The Balaban J connectivity index is 1.98. The second kappa shape index (κ2) is 6.15. The third-order valence-corrected chi connectivity index (χ3v) is 3.36. The molecular weight excluding hydrogens is 262 g/mol. The highest BCUT2D eigenvalue weighted by Crippen LogP contribution is 2.13. The minimum absolute atomic E-state index is 0.0470. The molecule has 1 amide bonds. The van der Waals surface area contributed by atoms with Gasteiger partial charge in [-0.05, 0) is 29.1 Å². The van der Waals surface area contributed by atoms with Gasteiger partial charge < -0.3 is 10.4 Å². The van der Waals surface area contributed by atoms with E-state index in [1.807, 2.05) is 17.5 Å². The fourth-order valence-corrected chi connectivity index (χ4v) is 2.41. The van der Waals surface area contributed by atoms with Crippen molar-refractivity contribution in [2.45, 2.75) is 12.8 Å². The molecule has 0 saturated heterocycles. The summed E-state index contributed by atoms with van der Waals surface area (Å²) in [7, 11) is 0. The minimum Gasteiger partial charge on any atom is -0.481 e. The number of anilines is 1. The Morgan fingerprint density at radius 2 is 2.00 bits per heavy atom. The maximum Gasteiger partial charge on any atom is 0.307 e. The van der Waals surface area contributed by atoms with Gasteiger partial charge in [-0.2, -0.15) is 0 Å². The number of carboxylic acid groups (broad SMARTS) is 1. The van der Waals surface area contributed by atoms with Crippen molar-refractivity contribution in [2.75, 3.05) is 5.32 Å². The summed E-state index contributed by atoms with van der Waals surface area (Å²) < 4.78 is 0. The van der Waals surface area contributed by atoms with Crippen molar-refractivity contribution in [3.63, 3.8) is 0 Å². The van der Waals surface area contributed by atoms with Crippen LogP contribution >= 0.6 is 11.3 Å². The summed E-state index contributed by atoms with van der Waals surface area (Å²) in [5, 5.41) is 13.4. The van der Waals surface area contributed by atoms with Gasteiger partial charge in [0.05, 0.1) is 12.8 Å². The Hall–Kier alpha value is -2.14. The molecule has 98 valence electrons. The quantitative estimate of drug-likeness (QED) is 0.881. The fraction of sp³-hybridized carbons (Fsp3) is 0.143. The molecule has 0 aliphatic carbocycles. The topological polar surface area (TPSA) is 66.4 Å². The molecule has 0 aliphatic rings. The van der Waals surface area contributed by atoms with Gasteiger partial charge in [-0.3, -0.25) is 9.59 Å². The molecule has 0 fully saturated rings. The van der Waals surface area contributed by atoms with Crippen LogP contribution in [0.15, 0.2) is 41.8 Å². The van der Waals surface area contributed by atoms with E-state index in [9.17, 15) is 9.59 Å². The summed E-state index contributed by atoms with van der Waals surface area (Å²) in [4.78, 5) is 23.4. The number of carbonyl (C=O) groups excluding carboxylic acids is 1. The van der Waals surface area contributed by atoms with Gasteiger partial charge in [0.25, 0.3) is 0 Å². The number of aliphatic carboxylic acids is 1. The first kappa shape index (κ1) is 13.3. The highest BCUT2D eigenvalue weighted by molar-refractivity contribution is 7.10. The maximum atomic E-state index is 11.8. The van der Waals surface area contributed by atoms with Crippen LogP contribution in [0.5, 0.6) is 0 Å². The second-order valence-corrected chi connectivity index (χ2v) is 5.11. The number of hydrogen-bond donors (Lipinski definition) is 2. The van der Waals surface area contributed by atoms with Crippen molar-refractivity contribution >= 4 is 28.9 Å². The predicted molar refractivity (Wildman–Crippen MR) is 74.4 cm³/mol. The molecule has 1 heterocycles. The normalized spacial score (nSPS) is 10.1. The average Bonchev–Trinajstić information content (AvgIpc) is 2.81. The van der Waals surface area contributed by atoms with Crippen molar-refractivity contribution in [3.05, 3.63) is 52.2 Å². The Labute approximate surface area is 114 Å². The van der Waals surface area contributed by atoms with Crippen molar-refractivity contribution in [1.29, 1.82) is 0 Å². The van der Waals surface area contributed by atoms with Crippen LogP contribution < -0.4 is 5.32 Å². The Kier molecular flexibility index (Phi) is 4.30. The molecular formula is C14H13NO3S. The zero-order chi connectivity index (χ0) is 13.7. The summed E-state index contributed by atoms with van der Waals surface area (Å²) in [6.07, 6.45) is 0.287. The van der Waals surface area contributed by atoms with Gasteiger partial charge in [0.1, 0.15) is 0 Å². The second-order valence-electron chi connectivity index (χ2n) is 4.08. The molecule has 2 rings (SSSR count). The zero-order valence-electron chi connectivity index (χ0n) is 10.1. The third-order valence-electron chi connectivity index (χ3n) is 2.48. The molecule has 0 radical (unpaired) electrons. The van der Waals surface area contributed by atoms with Gasteiger partial charge in [0.2, 0.25) is 5.91 Å². The highest BCUT2D eigenvalue weighted by Gasteiger charge is 2.06. The van der Waals surface area contributed by atoms with Crippen LogP contribution in [0.2, 0.25) is 0 Å². The SMILES string of the molecule is O=C(O)Cc1cccc(NC(=O)Cc2cccs2)c1. The van der Waals surface area contributed by atoms with Crippen LogP contribution in [0.4, 0.5) is 5.69 Å². The smallest absolute Gasteiger partial charge is 0.307 e. The van der Waals surface area contributed by atoms with E-state index in [-0.39, 0.29) is 12.3 Å². The maximum absolute atomic E-state index is 11.8. The van der Waals surface area contributed by atoms with Crippen LogP contribution in [0.25, 0.3) is 0 Å². The van der Waals surface area contributed by atoms with Crippen LogP contribution in [-0.2, 0) is 22.4 Å². The van der Waals surface area contributed by atoms with Crippen LogP contribution in [0, 0.1) is 0 Å². The summed E-state index contributed by atoms with van der Waals surface area (Å²) in [6.45, 7) is 0. The summed E-state index contributed by atoms with van der Waals surface area (Å²) in [6, 6.07) is 10.7. The van der Waals surface area contributed by atoms with Gasteiger partial charge in [-0.15, -0.1) is 11.3 Å². The summed E-state index contributed by atoms with van der Waals surface area (Å²) in [5.74, 6) is -0.989. The molecule has 0 atom stereocenters. The molecule has 0 spiro atoms. The summed E-state index contributed by atoms with van der Waals surface area (Å²) >= 11 is 1.53. The molecule has 0 unspecified atom stereocenters. The summed E-state index contributed by atoms with van der Waals surface area (Å²) in [5.41, 5.74) is 1.29. The lowest BCUT2D eigenvalue weighted by Gasteiger charge is -2.06. The fourth-order valence-electron chi connectivity index (χ4n) is 1.71. The van der Waals surface area contributed by atoms with Gasteiger partial charge in [0, 0.05) is 10.6 Å². The van der Waals surface area contributed by atoms with Gasteiger partial charge in [0.15, 0.2) is 0 Å². The Morgan fingerprint density at radius 3 is 2.68 bits per heavy atom. The molecule has 4 nitrogen and oxygen atoms in total. The number of carboxylic acids is 1. The van der Waals surface area contributed by atoms with E-state index in [0.29, 0.717) is 17.7 Å². The number of nitrogens with one attached hydrogen (secondary N) is 1. The molecule has 1 aromatic carbocycles. The molecule has 1 aromatic heterocycles. The molecule has 5 heteroatoms. The number of thiophene rings is 1. The van der Waals surface area contributed by atoms with Crippen molar-refractivity contribution in [1.82, 2.24) is 0 Å². The van der Waals surface area contributed by atoms with E-state index in [1.54, 1.807) is 24.3 Å². The van der Waals surface area contributed by atoms with E-state index < -0.39 is 5.97 Å². The molecule has 2 N–H and O–H groups in total. The van der Waals surface area contributed by atoms with E-state index in [0.717, 1.165) is 4.88 Å². The lowest BCUT2D eigenvalue weighted by molar-refractivity contribution is -0.136. The van der Waals surface area contributed by atoms with Crippen LogP contribution in [0.1, 0.15) is 10.4 Å². The number of amides is 1. The highest BCUT2D eigenvalue weighted by atomic mass is 32.1. The van der Waals surface area contributed by atoms with Crippen molar-refractivity contribution in [2.24, 2.45) is 0 Å². The van der Waals surface area contributed by atoms with Crippen molar-refractivity contribution in [3.8, 4) is 0 Å². The molecule has 0 aliphatic heterocycles. The van der Waals surface area contributed by atoms with Gasteiger partial charge in [-0.1, -0.05) is 18.2 Å².